The molecule has 0 atom stereocenters. The van der Waals surface area contributed by atoms with Crippen molar-refractivity contribution in [2.45, 2.75) is 5.41 Å². The van der Waals surface area contributed by atoms with Crippen LogP contribution in [0.3, 0.4) is 0 Å². The summed E-state index contributed by atoms with van der Waals surface area (Å²) in [5.74, 6) is 0. The third-order valence-electron chi connectivity index (χ3n) is 10.7. The zero-order chi connectivity index (χ0) is 33.9. The van der Waals surface area contributed by atoms with E-state index in [9.17, 15) is 0 Å². The molecule has 0 bridgehead atoms. The van der Waals surface area contributed by atoms with Crippen molar-refractivity contribution in [3.05, 3.63) is 221 Å². The summed E-state index contributed by atoms with van der Waals surface area (Å²) in [5, 5.41) is 0. The van der Waals surface area contributed by atoms with E-state index < -0.39 is 5.41 Å². The molecular formula is C49H32BrN. The number of hydrogen-bond donors (Lipinski definition) is 0. The Balaban J connectivity index is 1.24. The van der Waals surface area contributed by atoms with Gasteiger partial charge in [-0.3, -0.25) is 0 Å². The number of halogens is 1. The molecule has 0 aliphatic heterocycles. The average molecular weight is 715 g/mol. The molecule has 0 heterocycles. The van der Waals surface area contributed by atoms with Gasteiger partial charge < -0.3 is 4.90 Å². The van der Waals surface area contributed by atoms with Gasteiger partial charge in [-0.05, 0) is 104 Å². The van der Waals surface area contributed by atoms with Crippen LogP contribution in [0.15, 0.2) is 199 Å². The van der Waals surface area contributed by atoms with Crippen molar-refractivity contribution in [1.82, 2.24) is 0 Å². The van der Waals surface area contributed by atoms with Crippen molar-refractivity contribution in [3.63, 3.8) is 0 Å². The van der Waals surface area contributed by atoms with Crippen LogP contribution in [-0.2, 0) is 5.41 Å². The molecule has 8 aromatic rings. The van der Waals surface area contributed by atoms with Crippen molar-refractivity contribution < 1.29 is 0 Å². The maximum Gasteiger partial charge on any atom is 0.0726 e. The van der Waals surface area contributed by atoms with Gasteiger partial charge in [-0.2, -0.15) is 0 Å². The molecule has 10 rings (SSSR count). The zero-order valence-corrected chi connectivity index (χ0v) is 29.4. The van der Waals surface area contributed by atoms with Gasteiger partial charge in [0.25, 0.3) is 0 Å². The predicted molar refractivity (Wildman–Crippen MR) is 216 cm³/mol. The summed E-state index contributed by atoms with van der Waals surface area (Å²) in [4.78, 5) is 2.46. The van der Waals surface area contributed by atoms with Gasteiger partial charge >= 0.3 is 0 Å². The molecule has 240 valence electrons. The fourth-order valence-electron chi connectivity index (χ4n) is 8.66. The minimum Gasteiger partial charge on any atom is -0.310 e. The Morgan fingerprint density at radius 2 is 0.863 bits per heavy atom. The zero-order valence-electron chi connectivity index (χ0n) is 27.8. The maximum absolute atomic E-state index is 3.70. The molecule has 8 aromatic carbocycles. The lowest BCUT2D eigenvalue weighted by molar-refractivity contribution is 0.794. The van der Waals surface area contributed by atoms with Gasteiger partial charge in [-0.25, -0.2) is 0 Å². The monoisotopic (exact) mass is 713 g/mol. The largest absolute Gasteiger partial charge is 0.310 e. The van der Waals surface area contributed by atoms with E-state index in [1.54, 1.807) is 0 Å². The van der Waals surface area contributed by atoms with Crippen LogP contribution < -0.4 is 4.90 Å². The summed E-state index contributed by atoms with van der Waals surface area (Å²) in [5.41, 5.74) is 18.3. The quantitative estimate of drug-likeness (QED) is 0.172. The lowest BCUT2D eigenvalue weighted by Gasteiger charge is -2.32. The van der Waals surface area contributed by atoms with Gasteiger partial charge in [-0.1, -0.05) is 168 Å². The summed E-state index contributed by atoms with van der Waals surface area (Å²) in [6.07, 6.45) is 0. The third kappa shape index (κ3) is 4.53. The summed E-state index contributed by atoms with van der Waals surface area (Å²) in [6.45, 7) is 0. The summed E-state index contributed by atoms with van der Waals surface area (Å²) < 4.78 is 1.07. The lowest BCUT2D eigenvalue weighted by atomic mass is 9.70. The first kappa shape index (κ1) is 29.9. The topological polar surface area (TPSA) is 3.24 Å². The number of hydrogen-bond acceptors (Lipinski definition) is 1. The molecule has 0 radical (unpaired) electrons. The molecule has 1 nitrogen and oxygen atoms in total. The van der Waals surface area contributed by atoms with Gasteiger partial charge in [0, 0.05) is 21.4 Å². The third-order valence-corrected chi connectivity index (χ3v) is 11.2. The van der Waals surface area contributed by atoms with Crippen molar-refractivity contribution >= 4 is 33.0 Å². The van der Waals surface area contributed by atoms with E-state index in [0.717, 1.165) is 21.5 Å². The first-order chi connectivity index (χ1) is 25.2. The van der Waals surface area contributed by atoms with Crippen molar-refractivity contribution in [1.29, 1.82) is 0 Å². The first-order valence-corrected chi connectivity index (χ1v) is 18.3. The van der Waals surface area contributed by atoms with Crippen LogP contribution in [-0.4, -0.2) is 0 Å². The van der Waals surface area contributed by atoms with Crippen LogP contribution in [0, 0.1) is 0 Å². The summed E-state index contributed by atoms with van der Waals surface area (Å²) >= 11 is 3.70. The van der Waals surface area contributed by atoms with Gasteiger partial charge in [0.15, 0.2) is 0 Å². The van der Waals surface area contributed by atoms with Crippen molar-refractivity contribution in [2.75, 3.05) is 4.90 Å². The Morgan fingerprint density at radius 3 is 1.55 bits per heavy atom. The van der Waals surface area contributed by atoms with E-state index in [1.807, 2.05) is 0 Å². The molecule has 0 fully saturated rings. The molecular weight excluding hydrogens is 682 g/mol. The highest BCUT2D eigenvalue weighted by atomic mass is 79.9. The van der Waals surface area contributed by atoms with Crippen molar-refractivity contribution in [2.24, 2.45) is 0 Å². The number of rotatable bonds is 5. The second-order valence-electron chi connectivity index (χ2n) is 13.4. The molecule has 1 spiro atoms. The van der Waals surface area contributed by atoms with E-state index in [1.165, 1.54) is 66.8 Å². The maximum atomic E-state index is 3.70. The van der Waals surface area contributed by atoms with Crippen LogP contribution in [0.1, 0.15) is 22.3 Å². The highest BCUT2D eigenvalue weighted by molar-refractivity contribution is 9.10. The summed E-state index contributed by atoms with van der Waals surface area (Å²) in [6, 6.07) is 71.2. The minimum absolute atomic E-state index is 0.407. The van der Waals surface area contributed by atoms with Crippen LogP contribution in [0.25, 0.3) is 44.5 Å². The van der Waals surface area contributed by atoms with Crippen LogP contribution in [0.4, 0.5) is 17.1 Å². The highest BCUT2D eigenvalue weighted by Crippen LogP contribution is 2.64. The molecule has 2 aliphatic rings. The van der Waals surface area contributed by atoms with Gasteiger partial charge in [-0.15, -0.1) is 0 Å². The number of anilines is 3. The standard InChI is InChI=1S/C49H32BrN/c50-37-17-10-15-35(31-37)36-16-11-18-39(32-36)51(38-29-27-34(28-30-38)33-13-2-1-3-14-33)47-26-12-25-46-48(47)42-21-6-9-24-45(42)49(46)43-22-7-4-19-40(43)41-20-5-8-23-44(41)49/h1-32H. The number of fused-ring (bicyclic) bond motifs is 10. The van der Waals surface area contributed by atoms with E-state index >= 15 is 0 Å². The molecule has 0 saturated heterocycles. The van der Waals surface area contributed by atoms with Crippen LogP contribution in [0.2, 0.25) is 0 Å². The number of nitrogens with zero attached hydrogens (tertiary/aromatic N) is 1. The van der Waals surface area contributed by atoms with E-state index in [0.29, 0.717) is 0 Å². The van der Waals surface area contributed by atoms with E-state index in [2.05, 4.69) is 215 Å². The molecule has 51 heavy (non-hydrogen) atoms. The second-order valence-corrected chi connectivity index (χ2v) is 14.3. The Bertz CT molecular complexity index is 2560. The summed E-state index contributed by atoms with van der Waals surface area (Å²) in [7, 11) is 0. The van der Waals surface area contributed by atoms with Crippen molar-refractivity contribution in [3.8, 4) is 44.5 Å². The normalized spacial score (nSPS) is 13.0. The second kappa shape index (κ2) is 11.8. The Kier molecular flexibility index (Phi) is 6.94. The van der Waals surface area contributed by atoms with E-state index in [4.69, 9.17) is 0 Å². The van der Waals surface area contributed by atoms with Gasteiger partial charge in [0.2, 0.25) is 0 Å². The fraction of sp³-hybridized carbons (Fsp3) is 0.0204. The SMILES string of the molecule is Brc1cccc(-c2cccc(N(c3ccc(-c4ccccc4)cc3)c3cccc4c3-c3ccccc3C43c4ccccc4-c4ccccc43)c2)c1. The molecule has 0 N–H and O–H groups in total. The van der Waals surface area contributed by atoms with Gasteiger partial charge in [0.05, 0.1) is 11.1 Å². The smallest absolute Gasteiger partial charge is 0.0726 e. The average Bonchev–Trinajstić information content (AvgIpc) is 3.67. The van der Waals surface area contributed by atoms with Crippen LogP contribution in [0.5, 0.6) is 0 Å². The highest BCUT2D eigenvalue weighted by Gasteiger charge is 2.52. The van der Waals surface area contributed by atoms with Crippen LogP contribution >= 0.6 is 15.9 Å². The fourth-order valence-corrected chi connectivity index (χ4v) is 9.06. The molecule has 0 aromatic heterocycles. The molecule has 2 heteroatoms. The predicted octanol–water partition coefficient (Wildman–Crippen LogP) is 13.6. The molecule has 2 aliphatic carbocycles. The first-order valence-electron chi connectivity index (χ1n) is 17.5. The Morgan fingerprint density at radius 1 is 0.353 bits per heavy atom. The number of benzene rings is 8. The molecule has 0 amide bonds. The van der Waals surface area contributed by atoms with E-state index in [-0.39, 0.29) is 0 Å². The van der Waals surface area contributed by atoms with Gasteiger partial charge in [0.1, 0.15) is 0 Å². The molecule has 0 unspecified atom stereocenters. The minimum atomic E-state index is -0.407. The Hall–Kier alpha value is -5.96. The lowest BCUT2D eigenvalue weighted by Crippen LogP contribution is -2.26. The molecule has 0 saturated carbocycles. The Labute approximate surface area is 307 Å².